The maximum Gasteiger partial charge on any atom is 0.191 e. The van der Waals surface area contributed by atoms with E-state index in [2.05, 4.69) is 67.7 Å². The van der Waals surface area contributed by atoms with Crippen LogP contribution in [0.2, 0.25) is 0 Å². The quantitative estimate of drug-likeness (QED) is 0.487. The molecule has 0 bridgehead atoms. The number of thiazole rings is 1. The maximum absolute atomic E-state index is 4.47. The van der Waals surface area contributed by atoms with E-state index < -0.39 is 0 Å². The van der Waals surface area contributed by atoms with Gasteiger partial charge in [-0.05, 0) is 12.0 Å². The van der Waals surface area contributed by atoms with Crippen LogP contribution in [0.3, 0.4) is 0 Å². The van der Waals surface area contributed by atoms with Crippen molar-refractivity contribution in [3.05, 3.63) is 52.0 Å². The predicted molar refractivity (Wildman–Crippen MR) is 123 cm³/mol. The van der Waals surface area contributed by atoms with E-state index in [0.717, 1.165) is 71.2 Å². The number of hydrogen-bond acceptors (Lipinski definition) is 5. The first-order valence-electron chi connectivity index (χ1n) is 10.6. The van der Waals surface area contributed by atoms with E-state index in [4.69, 9.17) is 0 Å². The minimum Gasteiger partial charge on any atom is -0.356 e. The first-order valence-corrected chi connectivity index (χ1v) is 11.4. The topological polar surface area (TPSA) is 55.8 Å². The number of aromatic nitrogens is 1. The smallest absolute Gasteiger partial charge is 0.191 e. The minimum atomic E-state index is 0.856. The number of piperazine rings is 1. The van der Waals surface area contributed by atoms with Gasteiger partial charge in [-0.25, -0.2) is 4.98 Å². The molecule has 0 atom stereocenters. The Morgan fingerprint density at radius 2 is 1.79 bits per heavy atom. The van der Waals surface area contributed by atoms with Crippen LogP contribution in [0.25, 0.3) is 0 Å². The van der Waals surface area contributed by atoms with Crippen LogP contribution in [-0.4, -0.2) is 73.6 Å². The van der Waals surface area contributed by atoms with E-state index >= 15 is 0 Å². The lowest BCUT2D eigenvalue weighted by Crippen LogP contribution is -2.49. The number of nitrogens with one attached hydrogen (secondary N) is 2. The number of benzene rings is 1. The fourth-order valence-electron chi connectivity index (χ4n) is 3.48. The van der Waals surface area contributed by atoms with Crippen molar-refractivity contribution < 1.29 is 0 Å². The Morgan fingerprint density at radius 3 is 2.48 bits per heavy atom. The molecule has 1 fully saturated rings. The fourth-order valence-corrected chi connectivity index (χ4v) is 4.34. The maximum atomic E-state index is 4.47. The zero-order chi connectivity index (χ0) is 20.3. The largest absolute Gasteiger partial charge is 0.356 e. The van der Waals surface area contributed by atoms with Crippen molar-refractivity contribution in [3.63, 3.8) is 0 Å². The number of rotatable bonds is 9. The van der Waals surface area contributed by atoms with E-state index in [1.807, 2.05) is 24.6 Å². The van der Waals surface area contributed by atoms with Crippen LogP contribution in [0.15, 0.2) is 41.5 Å². The summed E-state index contributed by atoms with van der Waals surface area (Å²) in [7, 11) is 1.83. The van der Waals surface area contributed by atoms with Gasteiger partial charge in [0.25, 0.3) is 0 Å². The molecule has 6 nitrogen and oxygen atoms in total. The first-order chi connectivity index (χ1) is 14.3. The number of hydrogen-bond donors (Lipinski definition) is 2. The molecule has 0 amide bonds. The normalized spacial score (nSPS) is 16.1. The van der Waals surface area contributed by atoms with Crippen LogP contribution in [-0.2, 0) is 19.4 Å². The van der Waals surface area contributed by atoms with Crippen LogP contribution >= 0.6 is 11.3 Å². The summed E-state index contributed by atoms with van der Waals surface area (Å²) in [6.07, 6.45) is 4.00. The van der Waals surface area contributed by atoms with Gasteiger partial charge in [0.05, 0.1) is 5.01 Å². The Balaban J connectivity index is 1.28. The molecule has 29 heavy (non-hydrogen) atoms. The molecule has 2 N–H and O–H groups in total. The van der Waals surface area contributed by atoms with Crippen LogP contribution in [0.5, 0.6) is 0 Å². The average molecular weight is 415 g/mol. The molecular weight excluding hydrogens is 380 g/mol. The zero-order valence-electron chi connectivity index (χ0n) is 17.7. The first kappa shape index (κ1) is 21.7. The number of nitrogens with zero attached hydrogens (tertiary/aromatic N) is 4. The summed E-state index contributed by atoms with van der Waals surface area (Å²) in [5.74, 6) is 0.875. The van der Waals surface area contributed by atoms with E-state index in [0.29, 0.717) is 0 Å². The third-order valence-corrected chi connectivity index (χ3v) is 6.44. The molecule has 0 aliphatic carbocycles. The number of aliphatic imine (C=N–C) groups is 1. The Morgan fingerprint density at radius 1 is 1.07 bits per heavy atom. The van der Waals surface area contributed by atoms with Gasteiger partial charge in [0.15, 0.2) is 5.96 Å². The third-order valence-electron chi connectivity index (χ3n) is 5.24. The van der Waals surface area contributed by atoms with Gasteiger partial charge in [0.1, 0.15) is 0 Å². The van der Waals surface area contributed by atoms with E-state index in [9.17, 15) is 0 Å². The number of guanidine groups is 1. The lowest BCUT2D eigenvalue weighted by molar-refractivity contribution is 0.129. The fraction of sp³-hybridized carbons (Fsp3) is 0.545. The lowest BCUT2D eigenvalue weighted by Gasteiger charge is -2.34. The highest BCUT2D eigenvalue weighted by Crippen LogP contribution is 2.13. The summed E-state index contributed by atoms with van der Waals surface area (Å²) in [4.78, 5) is 15.2. The van der Waals surface area contributed by atoms with Crippen molar-refractivity contribution in [1.82, 2.24) is 25.4 Å². The van der Waals surface area contributed by atoms with Crippen molar-refractivity contribution >= 4 is 17.3 Å². The van der Waals surface area contributed by atoms with Gasteiger partial charge < -0.3 is 10.6 Å². The van der Waals surface area contributed by atoms with E-state index in [-0.39, 0.29) is 0 Å². The molecule has 0 radical (unpaired) electrons. The summed E-state index contributed by atoms with van der Waals surface area (Å²) in [6, 6.07) is 10.8. The molecule has 0 spiro atoms. The summed E-state index contributed by atoms with van der Waals surface area (Å²) < 4.78 is 0. The summed E-state index contributed by atoms with van der Waals surface area (Å²) >= 11 is 1.81. The van der Waals surface area contributed by atoms with Crippen molar-refractivity contribution in [3.8, 4) is 0 Å². The molecule has 158 valence electrons. The van der Waals surface area contributed by atoms with Crippen molar-refractivity contribution in [1.29, 1.82) is 0 Å². The van der Waals surface area contributed by atoms with Crippen molar-refractivity contribution in [2.24, 2.45) is 4.99 Å². The van der Waals surface area contributed by atoms with E-state index in [1.54, 1.807) is 0 Å². The minimum absolute atomic E-state index is 0.856. The molecule has 1 aromatic carbocycles. The third kappa shape index (κ3) is 7.42. The van der Waals surface area contributed by atoms with Crippen molar-refractivity contribution in [2.75, 3.05) is 52.9 Å². The highest BCUT2D eigenvalue weighted by molar-refractivity contribution is 7.11. The van der Waals surface area contributed by atoms with Crippen LogP contribution < -0.4 is 10.6 Å². The van der Waals surface area contributed by atoms with Gasteiger partial charge in [0, 0.05) is 76.9 Å². The van der Waals surface area contributed by atoms with E-state index in [1.165, 1.54) is 15.4 Å². The Bertz CT molecular complexity index is 737. The van der Waals surface area contributed by atoms with Gasteiger partial charge >= 0.3 is 0 Å². The van der Waals surface area contributed by atoms with Gasteiger partial charge in [-0.15, -0.1) is 11.3 Å². The Labute approximate surface area is 179 Å². The molecule has 1 aliphatic rings. The SMILES string of the molecule is CCc1cnc(CCNC(=NC)NCCN2CCN(Cc3ccccc3)CC2)s1. The van der Waals surface area contributed by atoms with Crippen LogP contribution in [0, 0.1) is 0 Å². The molecule has 7 heteroatoms. The Kier molecular flexibility index (Phi) is 8.92. The molecule has 0 unspecified atom stereocenters. The highest BCUT2D eigenvalue weighted by atomic mass is 32.1. The summed E-state index contributed by atoms with van der Waals surface area (Å²) in [6.45, 7) is 10.6. The zero-order valence-corrected chi connectivity index (χ0v) is 18.5. The molecular formula is C22H34N6S. The summed E-state index contributed by atoms with van der Waals surface area (Å²) in [5, 5.41) is 8.03. The van der Waals surface area contributed by atoms with Gasteiger partial charge in [-0.1, -0.05) is 37.3 Å². The van der Waals surface area contributed by atoms with Gasteiger partial charge in [-0.2, -0.15) is 0 Å². The second-order valence-electron chi connectivity index (χ2n) is 7.35. The van der Waals surface area contributed by atoms with Gasteiger partial charge in [0.2, 0.25) is 0 Å². The molecule has 1 aromatic heterocycles. The molecule has 3 rings (SSSR count). The highest BCUT2D eigenvalue weighted by Gasteiger charge is 2.16. The lowest BCUT2D eigenvalue weighted by atomic mass is 10.2. The molecule has 1 aliphatic heterocycles. The predicted octanol–water partition coefficient (Wildman–Crippen LogP) is 2.23. The van der Waals surface area contributed by atoms with Crippen LogP contribution in [0.4, 0.5) is 0 Å². The summed E-state index contributed by atoms with van der Waals surface area (Å²) in [5.41, 5.74) is 1.40. The molecule has 2 heterocycles. The second-order valence-corrected chi connectivity index (χ2v) is 8.55. The Hall–Kier alpha value is -1.96. The van der Waals surface area contributed by atoms with Gasteiger partial charge in [-0.3, -0.25) is 14.8 Å². The second kappa shape index (κ2) is 11.9. The number of aryl methyl sites for hydroxylation is 1. The average Bonchev–Trinajstić information content (AvgIpc) is 3.22. The molecule has 2 aromatic rings. The van der Waals surface area contributed by atoms with Crippen LogP contribution in [0.1, 0.15) is 22.4 Å². The monoisotopic (exact) mass is 414 g/mol. The molecule has 0 saturated carbocycles. The standard InChI is InChI=1S/C22H34N6S/c1-3-20-17-26-21(29-20)9-10-24-22(23-2)25-11-12-27-13-15-28(16-14-27)18-19-7-5-4-6-8-19/h4-8,17H,3,9-16,18H2,1-2H3,(H2,23,24,25). The molecule has 1 saturated heterocycles. The van der Waals surface area contributed by atoms with Crippen molar-refractivity contribution in [2.45, 2.75) is 26.3 Å².